The van der Waals surface area contributed by atoms with E-state index in [0.29, 0.717) is 18.5 Å². The van der Waals surface area contributed by atoms with Crippen molar-refractivity contribution >= 4 is 43.3 Å². The van der Waals surface area contributed by atoms with Crippen molar-refractivity contribution in [3.8, 4) is 0 Å². The Bertz CT molecular complexity index is 1030. The van der Waals surface area contributed by atoms with Gasteiger partial charge in [-0.15, -0.1) is 11.3 Å². The normalized spacial score (nSPS) is 15.9. The van der Waals surface area contributed by atoms with Crippen LogP contribution in [0.3, 0.4) is 0 Å². The molecule has 170 valence electrons. The highest BCUT2D eigenvalue weighted by atomic mass is 32.2. The Morgan fingerprint density at radius 3 is 2.74 bits per heavy atom. The molecule has 0 bridgehead atoms. The van der Waals surface area contributed by atoms with Gasteiger partial charge in [-0.05, 0) is 53.3 Å². The lowest BCUT2D eigenvalue weighted by Gasteiger charge is -2.32. The number of nitrogens with one attached hydrogen (secondary N) is 1. The van der Waals surface area contributed by atoms with Crippen LogP contribution in [0.15, 0.2) is 29.6 Å². The number of hydrogen-bond acceptors (Lipinski definition) is 6. The highest BCUT2D eigenvalue weighted by Crippen LogP contribution is 2.25. The van der Waals surface area contributed by atoms with Gasteiger partial charge >= 0.3 is 0 Å². The Hall–Kier alpha value is -2.01. The average molecular weight is 468 g/mol. The molecule has 10 heteroatoms. The summed E-state index contributed by atoms with van der Waals surface area (Å²) in [5.74, 6) is -1.01. The van der Waals surface area contributed by atoms with E-state index in [9.17, 15) is 23.2 Å². The van der Waals surface area contributed by atoms with Crippen molar-refractivity contribution in [1.82, 2.24) is 14.7 Å². The number of thiophene rings is 1. The summed E-state index contributed by atoms with van der Waals surface area (Å²) < 4.78 is 29.2. The third kappa shape index (κ3) is 5.82. The van der Waals surface area contributed by atoms with Gasteiger partial charge in [-0.25, -0.2) is 13.9 Å². The summed E-state index contributed by atoms with van der Waals surface area (Å²) in [6.45, 7) is 4.57. The van der Waals surface area contributed by atoms with Crippen LogP contribution in [-0.4, -0.2) is 60.3 Å². The number of hydroxylamine groups is 1. The van der Waals surface area contributed by atoms with E-state index >= 15 is 0 Å². The minimum Gasteiger partial charge on any atom is -0.341 e. The molecule has 1 aromatic carbocycles. The van der Waals surface area contributed by atoms with Crippen LogP contribution in [0.1, 0.15) is 38.7 Å². The quantitative estimate of drug-likeness (QED) is 0.413. The Kier molecular flexibility index (Phi) is 7.68. The average Bonchev–Trinajstić information content (AvgIpc) is 3.34. The number of amides is 2. The first kappa shape index (κ1) is 23.6. The summed E-state index contributed by atoms with van der Waals surface area (Å²) in [6.07, 6.45) is 1.46. The molecule has 1 aliphatic heterocycles. The van der Waals surface area contributed by atoms with Gasteiger partial charge in [0.2, 0.25) is 15.9 Å². The molecule has 0 saturated carbocycles. The largest absolute Gasteiger partial charge is 0.341 e. The zero-order chi connectivity index (χ0) is 22.6. The van der Waals surface area contributed by atoms with Crippen LogP contribution in [0.25, 0.3) is 10.1 Å². The van der Waals surface area contributed by atoms with Crippen LogP contribution in [-0.2, 0) is 25.4 Å². The molecule has 1 fully saturated rings. The summed E-state index contributed by atoms with van der Waals surface area (Å²) in [5.41, 5.74) is 2.25. The van der Waals surface area contributed by atoms with Gasteiger partial charge in [0.05, 0.1) is 5.75 Å². The number of hydrogen-bond donors (Lipinski definition) is 2. The zero-order valence-electron chi connectivity index (χ0n) is 17.8. The van der Waals surface area contributed by atoms with E-state index in [1.54, 1.807) is 27.8 Å². The Labute approximate surface area is 186 Å². The monoisotopic (exact) mass is 467 g/mol. The fourth-order valence-electron chi connectivity index (χ4n) is 3.92. The molecule has 1 aromatic heterocycles. The minimum absolute atomic E-state index is 0.000421. The molecule has 0 aliphatic carbocycles. The van der Waals surface area contributed by atoms with Crippen LogP contribution in [0.2, 0.25) is 0 Å². The highest BCUT2D eigenvalue weighted by Gasteiger charge is 2.36. The molecule has 2 aromatic rings. The second-order valence-electron chi connectivity index (χ2n) is 8.27. The molecule has 2 heterocycles. The maximum Gasteiger partial charge on any atom is 0.261 e. The van der Waals surface area contributed by atoms with Crippen molar-refractivity contribution < 1.29 is 23.2 Å². The molecule has 31 heavy (non-hydrogen) atoms. The van der Waals surface area contributed by atoms with Crippen molar-refractivity contribution in [3.63, 3.8) is 0 Å². The molecule has 1 aliphatic rings. The molecule has 1 saturated heterocycles. The molecule has 1 atom stereocenters. The number of rotatable bonds is 10. The van der Waals surface area contributed by atoms with Gasteiger partial charge in [-0.2, -0.15) is 4.31 Å². The molecular formula is C21H29N3O5S2. The van der Waals surface area contributed by atoms with Gasteiger partial charge in [0, 0.05) is 30.8 Å². The first-order valence-electron chi connectivity index (χ1n) is 10.4. The molecule has 3 rings (SSSR count). The predicted octanol–water partition coefficient (Wildman–Crippen LogP) is 2.58. The number of sulfonamides is 1. The Balaban J connectivity index is 1.88. The first-order valence-corrected chi connectivity index (χ1v) is 12.9. The van der Waals surface area contributed by atoms with Gasteiger partial charge in [-0.1, -0.05) is 19.9 Å². The number of carbonyl (C=O) groups is 2. The molecule has 0 spiro atoms. The van der Waals surface area contributed by atoms with Gasteiger partial charge in [0.25, 0.3) is 5.91 Å². The smallest absolute Gasteiger partial charge is 0.261 e. The lowest BCUT2D eigenvalue weighted by atomic mass is 10.0. The highest BCUT2D eigenvalue weighted by molar-refractivity contribution is 7.88. The van der Waals surface area contributed by atoms with E-state index in [-0.39, 0.29) is 37.1 Å². The molecule has 2 amide bonds. The second kappa shape index (κ2) is 10.1. The van der Waals surface area contributed by atoms with E-state index in [0.717, 1.165) is 20.8 Å². The van der Waals surface area contributed by atoms with Crippen LogP contribution in [0.4, 0.5) is 0 Å². The van der Waals surface area contributed by atoms with Gasteiger partial charge < -0.3 is 4.90 Å². The van der Waals surface area contributed by atoms with Crippen molar-refractivity contribution in [2.45, 2.75) is 44.9 Å². The van der Waals surface area contributed by atoms with Crippen LogP contribution in [0, 0.1) is 5.92 Å². The van der Waals surface area contributed by atoms with E-state index in [1.807, 2.05) is 37.4 Å². The third-order valence-electron chi connectivity index (χ3n) is 5.44. The number of carbonyl (C=O) groups excluding carboxylic acids is 2. The molecule has 1 unspecified atom stereocenters. The van der Waals surface area contributed by atoms with Crippen molar-refractivity contribution in [2.24, 2.45) is 5.92 Å². The summed E-state index contributed by atoms with van der Waals surface area (Å²) >= 11 is 1.58. The third-order valence-corrected chi connectivity index (χ3v) is 8.19. The molecule has 2 N–H and O–H groups in total. The number of benzene rings is 1. The SMILES string of the molecule is CC(C)CC(C(=O)NO)N(CCN1CCCC1=O)S(=O)(=O)Cc1ccc2sccc2c1. The summed E-state index contributed by atoms with van der Waals surface area (Å²) in [4.78, 5) is 26.1. The van der Waals surface area contributed by atoms with Crippen molar-refractivity contribution in [1.29, 1.82) is 0 Å². The molecular weight excluding hydrogens is 438 g/mol. The summed E-state index contributed by atoms with van der Waals surface area (Å²) in [6, 6.07) is 6.40. The van der Waals surface area contributed by atoms with E-state index < -0.39 is 22.0 Å². The molecule has 0 radical (unpaired) electrons. The van der Waals surface area contributed by atoms with E-state index in [4.69, 9.17) is 0 Å². The fraction of sp³-hybridized carbons (Fsp3) is 0.524. The van der Waals surface area contributed by atoms with E-state index in [1.165, 1.54) is 0 Å². The van der Waals surface area contributed by atoms with Gasteiger partial charge in [0.1, 0.15) is 6.04 Å². The van der Waals surface area contributed by atoms with E-state index in [2.05, 4.69) is 0 Å². The van der Waals surface area contributed by atoms with Gasteiger partial charge in [0.15, 0.2) is 0 Å². The minimum atomic E-state index is -3.91. The zero-order valence-corrected chi connectivity index (χ0v) is 19.4. The van der Waals surface area contributed by atoms with Crippen LogP contribution in [0.5, 0.6) is 0 Å². The fourth-order valence-corrected chi connectivity index (χ4v) is 6.39. The van der Waals surface area contributed by atoms with Crippen molar-refractivity contribution in [2.75, 3.05) is 19.6 Å². The first-order chi connectivity index (χ1) is 14.7. The topological polar surface area (TPSA) is 107 Å². The van der Waals surface area contributed by atoms with Crippen LogP contribution < -0.4 is 5.48 Å². The van der Waals surface area contributed by atoms with Crippen LogP contribution >= 0.6 is 11.3 Å². The lowest BCUT2D eigenvalue weighted by Crippen LogP contribution is -2.52. The maximum atomic E-state index is 13.5. The summed E-state index contributed by atoms with van der Waals surface area (Å²) in [7, 11) is -3.91. The van der Waals surface area contributed by atoms with Crippen molar-refractivity contribution in [3.05, 3.63) is 35.2 Å². The van der Waals surface area contributed by atoms with Gasteiger partial charge in [-0.3, -0.25) is 14.8 Å². The number of nitrogens with zero attached hydrogens (tertiary/aromatic N) is 2. The predicted molar refractivity (Wildman–Crippen MR) is 120 cm³/mol. The number of fused-ring (bicyclic) bond motifs is 1. The molecule has 8 nitrogen and oxygen atoms in total. The second-order valence-corrected chi connectivity index (χ2v) is 11.1. The standard InChI is InChI=1S/C21H29N3O5S2/c1-15(2)12-18(21(26)22-27)24(10-9-23-8-3-4-20(23)25)31(28,29)14-16-5-6-19-17(13-16)7-11-30-19/h5-7,11,13,15,18,27H,3-4,8-10,12,14H2,1-2H3,(H,22,26). The maximum absolute atomic E-state index is 13.5. The number of likely N-dealkylation sites (tertiary alicyclic amines) is 1. The summed E-state index contributed by atoms with van der Waals surface area (Å²) in [5, 5.41) is 12.2. The Morgan fingerprint density at radius 1 is 1.32 bits per heavy atom. The Morgan fingerprint density at radius 2 is 2.10 bits per heavy atom. The lowest BCUT2D eigenvalue weighted by molar-refractivity contribution is -0.133.